The van der Waals surface area contributed by atoms with Gasteiger partial charge < -0.3 is 0 Å². The molecule has 0 spiro atoms. The summed E-state index contributed by atoms with van der Waals surface area (Å²) in [5.41, 5.74) is 1.05. The minimum absolute atomic E-state index is 0.318. The van der Waals surface area contributed by atoms with Gasteiger partial charge in [0.25, 0.3) is 0 Å². The summed E-state index contributed by atoms with van der Waals surface area (Å²) in [6, 6.07) is 16.8. The van der Waals surface area contributed by atoms with Gasteiger partial charge in [-0.15, -0.1) is 0 Å². The lowest BCUT2D eigenvalue weighted by atomic mass is 9.94. The zero-order chi connectivity index (χ0) is 13.5. The topological polar surface area (TPSA) is 12.9 Å². The average molecular weight is 244 g/mol. The molecule has 90 valence electrons. The van der Waals surface area contributed by atoms with Crippen LogP contribution in [0.5, 0.6) is 0 Å². The lowest BCUT2D eigenvalue weighted by Gasteiger charge is -2.10. The fourth-order valence-electron chi connectivity index (χ4n) is 2.85. The van der Waals surface area contributed by atoms with Gasteiger partial charge in [0.2, 0.25) is 0 Å². The predicted molar refractivity (Wildman–Crippen MR) is 81.5 cm³/mol. The van der Waals surface area contributed by atoms with E-state index in [1.54, 1.807) is 0 Å². The van der Waals surface area contributed by atoms with Crippen LogP contribution in [0.1, 0.15) is 6.93 Å². The zero-order valence-electron chi connectivity index (χ0n) is 11.4. The number of aromatic nitrogens is 1. The van der Waals surface area contributed by atoms with Crippen LogP contribution in [-0.4, -0.2) is 4.98 Å². The summed E-state index contributed by atoms with van der Waals surface area (Å²) >= 11 is 0. The lowest BCUT2D eigenvalue weighted by Crippen LogP contribution is -1.84. The quantitative estimate of drug-likeness (QED) is 0.403. The highest BCUT2D eigenvalue weighted by atomic mass is 14.6. The molecule has 0 saturated carbocycles. The van der Waals surface area contributed by atoms with Crippen molar-refractivity contribution in [3.05, 3.63) is 66.5 Å². The summed E-state index contributed by atoms with van der Waals surface area (Å²) < 4.78 is 7.58. The van der Waals surface area contributed by atoms with Crippen molar-refractivity contribution < 1.29 is 1.37 Å². The summed E-state index contributed by atoms with van der Waals surface area (Å²) in [5, 5.41) is 7.34. The van der Waals surface area contributed by atoms with Crippen LogP contribution < -0.4 is 0 Å². The molecule has 0 fully saturated rings. The number of nitrogens with zero attached hydrogens (tertiary/aromatic N) is 1. The highest BCUT2D eigenvalue weighted by molar-refractivity contribution is 6.25. The maximum Gasteiger partial charge on any atom is 0.0352 e. The minimum atomic E-state index is 0.318. The van der Waals surface area contributed by atoms with Gasteiger partial charge in [0.05, 0.1) is 0 Å². The summed E-state index contributed by atoms with van der Waals surface area (Å²) in [7, 11) is 0. The lowest BCUT2D eigenvalue weighted by molar-refractivity contribution is 1.37. The van der Waals surface area contributed by atoms with Crippen molar-refractivity contribution in [2.24, 2.45) is 0 Å². The van der Waals surface area contributed by atoms with Gasteiger partial charge in [-0.05, 0) is 39.9 Å². The first-order valence-electron chi connectivity index (χ1n) is 7.05. The van der Waals surface area contributed by atoms with E-state index in [0.717, 1.165) is 5.56 Å². The molecule has 0 aliphatic heterocycles. The SMILES string of the molecule is [2H]Cc1ccc2c3ccncc3c3ccccc3c2c1. The molecule has 0 N–H and O–H groups in total. The Morgan fingerprint density at radius 2 is 1.53 bits per heavy atom. The van der Waals surface area contributed by atoms with Crippen LogP contribution in [0.25, 0.3) is 32.3 Å². The molecule has 0 aliphatic carbocycles. The van der Waals surface area contributed by atoms with E-state index in [1.807, 2.05) is 18.5 Å². The maximum atomic E-state index is 7.58. The molecule has 4 aromatic rings. The standard InChI is InChI=1S/C18H13N/c1-12-6-7-15-16-8-9-19-11-18(16)14-5-3-2-4-13(14)17(15)10-12/h2-11H,1H3/i1D. The number of pyridine rings is 1. The van der Waals surface area contributed by atoms with Crippen molar-refractivity contribution in [3.63, 3.8) is 0 Å². The van der Waals surface area contributed by atoms with Crippen LogP contribution in [0.15, 0.2) is 60.9 Å². The fourth-order valence-corrected chi connectivity index (χ4v) is 2.85. The van der Waals surface area contributed by atoms with Gasteiger partial charge >= 0.3 is 0 Å². The third kappa shape index (κ3) is 1.45. The second kappa shape index (κ2) is 3.79. The van der Waals surface area contributed by atoms with E-state index in [4.69, 9.17) is 1.37 Å². The average Bonchev–Trinajstić information content (AvgIpc) is 2.54. The summed E-state index contributed by atoms with van der Waals surface area (Å²) in [4.78, 5) is 4.27. The normalized spacial score (nSPS) is 12.1. The summed E-state index contributed by atoms with van der Waals surface area (Å²) in [5.74, 6) is 0. The molecule has 1 aromatic heterocycles. The molecule has 19 heavy (non-hydrogen) atoms. The molecule has 1 nitrogen and oxygen atoms in total. The molecule has 0 amide bonds. The van der Waals surface area contributed by atoms with Crippen molar-refractivity contribution >= 4 is 32.3 Å². The van der Waals surface area contributed by atoms with Crippen LogP contribution >= 0.6 is 0 Å². The van der Waals surface area contributed by atoms with Gasteiger partial charge in [-0.2, -0.15) is 0 Å². The van der Waals surface area contributed by atoms with E-state index in [-0.39, 0.29) is 0 Å². The third-order valence-electron chi connectivity index (χ3n) is 3.70. The highest BCUT2D eigenvalue weighted by Gasteiger charge is 2.07. The number of fused-ring (bicyclic) bond motifs is 6. The fraction of sp³-hybridized carbons (Fsp3) is 0.0556. The Morgan fingerprint density at radius 3 is 2.37 bits per heavy atom. The van der Waals surface area contributed by atoms with Crippen molar-refractivity contribution in [1.82, 2.24) is 4.98 Å². The number of rotatable bonds is 0. The second-order valence-electron chi connectivity index (χ2n) is 4.85. The third-order valence-corrected chi connectivity index (χ3v) is 3.70. The Labute approximate surface area is 112 Å². The monoisotopic (exact) mass is 244 g/mol. The first kappa shape index (κ1) is 9.51. The molecule has 1 heterocycles. The number of hydrogen-bond donors (Lipinski definition) is 0. The van der Waals surface area contributed by atoms with Crippen LogP contribution in [0.4, 0.5) is 0 Å². The van der Waals surface area contributed by atoms with E-state index in [1.165, 1.54) is 32.3 Å². The Bertz CT molecular complexity index is 908. The van der Waals surface area contributed by atoms with Gasteiger partial charge in [-0.1, -0.05) is 48.0 Å². The van der Waals surface area contributed by atoms with Gasteiger partial charge in [-0.25, -0.2) is 0 Å². The Balaban J connectivity index is 2.35. The second-order valence-corrected chi connectivity index (χ2v) is 4.85. The molecule has 0 atom stereocenters. The van der Waals surface area contributed by atoms with E-state index >= 15 is 0 Å². The molecule has 0 radical (unpaired) electrons. The van der Waals surface area contributed by atoms with Gasteiger partial charge in [0, 0.05) is 19.2 Å². The van der Waals surface area contributed by atoms with Gasteiger partial charge in [-0.3, -0.25) is 4.98 Å². The van der Waals surface area contributed by atoms with E-state index in [9.17, 15) is 0 Å². The maximum absolute atomic E-state index is 7.58. The molecular formula is C18H13N. The molecule has 0 aliphatic rings. The number of benzene rings is 3. The Morgan fingerprint density at radius 1 is 0.789 bits per heavy atom. The van der Waals surface area contributed by atoms with Crippen molar-refractivity contribution in [3.8, 4) is 0 Å². The highest BCUT2D eigenvalue weighted by Crippen LogP contribution is 2.34. The zero-order valence-corrected chi connectivity index (χ0v) is 10.4. The first-order chi connectivity index (χ1) is 9.88. The molecule has 3 aromatic carbocycles. The van der Waals surface area contributed by atoms with E-state index < -0.39 is 0 Å². The summed E-state index contributed by atoms with van der Waals surface area (Å²) in [6.07, 6.45) is 3.78. The molecule has 0 bridgehead atoms. The smallest absolute Gasteiger partial charge is 0.0352 e. The molecule has 0 unspecified atom stereocenters. The Kier molecular flexibility index (Phi) is 1.90. The number of hydrogen-bond acceptors (Lipinski definition) is 1. The number of aryl methyl sites for hydroxylation is 1. The van der Waals surface area contributed by atoms with E-state index in [2.05, 4.69) is 47.4 Å². The Hall–Kier alpha value is -2.41. The van der Waals surface area contributed by atoms with Gasteiger partial charge in [0.1, 0.15) is 0 Å². The predicted octanol–water partition coefficient (Wildman–Crippen LogP) is 4.85. The molecular weight excluding hydrogens is 230 g/mol. The summed E-state index contributed by atoms with van der Waals surface area (Å²) in [6.45, 7) is 0.318. The minimum Gasteiger partial charge on any atom is -0.264 e. The van der Waals surface area contributed by atoms with Crippen molar-refractivity contribution in [1.29, 1.82) is 0 Å². The van der Waals surface area contributed by atoms with E-state index in [0.29, 0.717) is 6.90 Å². The first-order valence-corrected chi connectivity index (χ1v) is 6.35. The molecule has 0 saturated heterocycles. The van der Waals surface area contributed by atoms with Gasteiger partial charge in [0.15, 0.2) is 0 Å². The van der Waals surface area contributed by atoms with Crippen LogP contribution in [0.2, 0.25) is 0 Å². The van der Waals surface area contributed by atoms with Crippen molar-refractivity contribution in [2.45, 2.75) is 6.90 Å². The molecule has 1 heteroatoms. The van der Waals surface area contributed by atoms with Crippen LogP contribution in [-0.2, 0) is 0 Å². The largest absolute Gasteiger partial charge is 0.264 e. The van der Waals surface area contributed by atoms with Crippen LogP contribution in [0.3, 0.4) is 0 Å². The van der Waals surface area contributed by atoms with Crippen LogP contribution in [0, 0.1) is 6.90 Å². The van der Waals surface area contributed by atoms with Crippen molar-refractivity contribution in [2.75, 3.05) is 0 Å². The molecule has 4 rings (SSSR count).